The Hall–Kier alpha value is -1.92. The molecule has 30 heavy (non-hydrogen) atoms. The molecule has 4 rings (SSSR count). The van der Waals surface area contributed by atoms with Gasteiger partial charge in [-0.2, -0.15) is 0 Å². The second-order valence-electron chi connectivity index (χ2n) is 6.67. The van der Waals surface area contributed by atoms with E-state index in [1.807, 2.05) is 0 Å². The summed E-state index contributed by atoms with van der Waals surface area (Å²) in [5.41, 5.74) is 0.505. The summed E-state index contributed by atoms with van der Waals surface area (Å²) in [6.45, 7) is -2.23. The van der Waals surface area contributed by atoms with E-state index >= 15 is 4.39 Å². The lowest BCUT2D eigenvalue weighted by atomic mass is 10.1. The van der Waals surface area contributed by atoms with Gasteiger partial charge in [-0.3, -0.25) is 23.4 Å². The van der Waals surface area contributed by atoms with Crippen molar-refractivity contribution in [2.45, 2.75) is 37.8 Å². The summed E-state index contributed by atoms with van der Waals surface area (Å²) in [5.74, 6) is -3.59. The molecule has 3 heterocycles. The molecule has 0 bridgehead atoms. The van der Waals surface area contributed by atoms with Gasteiger partial charge in [0, 0.05) is 17.8 Å². The number of aliphatic hydroxyl groups is 2. The number of phosphoric acid groups is 1. The highest BCUT2D eigenvalue weighted by molar-refractivity contribution is 7.71. The third-order valence-corrected chi connectivity index (χ3v) is 6.06. The van der Waals surface area contributed by atoms with Gasteiger partial charge in [0.25, 0.3) is 11.4 Å². The minimum atomic E-state index is -4.71. The number of aliphatic hydroxyl groups excluding tert-OH is 2. The predicted molar refractivity (Wildman–Crippen MR) is 102 cm³/mol. The van der Waals surface area contributed by atoms with Crippen LogP contribution < -0.4 is 10.1 Å². The van der Waals surface area contributed by atoms with E-state index in [0.29, 0.717) is 11.1 Å². The van der Waals surface area contributed by atoms with E-state index in [1.54, 1.807) is 25.1 Å². The van der Waals surface area contributed by atoms with Crippen molar-refractivity contribution in [2.24, 2.45) is 0 Å². The standard InChI is InChI=1S/C17H18FN2O8PS/c1-9-3-2-4-10-7-25-29(24,28-13(9)10)26-8-17(18)14(23)12(22)15(27-17)20-6-5-11(21)19-16(20)30/h2-6,12,14-15,22-23H,7-8H2,1H3,(H,19,21,30)/t12-,14+,15-,17-,29?/m1/s1/i8D2. The second-order valence-corrected chi connectivity index (χ2v) is 8.58. The largest absolute Gasteiger partial charge is 0.530 e. The SMILES string of the molecule is [2H]C([2H])(OP1(=O)OCc2cccc(C)c2O1)[C@@]1(F)O[C@@H](n2ccc(=O)[nH]c2=S)[C@H](O)[C@@H]1O. The van der Waals surface area contributed by atoms with Crippen LogP contribution in [0.25, 0.3) is 0 Å². The molecule has 162 valence electrons. The van der Waals surface area contributed by atoms with Gasteiger partial charge in [-0.1, -0.05) is 18.2 Å². The van der Waals surface area contributed by atoms with E-state index in [2.05, 4.69) is 4.98 Å². The van der Waals surface area contributed by atoms with Gasteiger partial charge < -0.3 is 19.5 Å². The highest BCUT2D eigenvalue weighted by atomic mass is 32.1. The van der Waals surface area contributed by atoms with E-state index in [-0.39, 0.29) is 17.1 Å². The Morgan fingerprint density at radius 2 is 2.27 bits per heavy atom. The molecule has 1 unspecified atom stereocenters. The van der Waals surface area contributed by atoms with Crippen molar-refractivity contribution in [3.05, 3.63) is 56.7 Å². The summed E-state index contributed by atoms with van der Waals surface area (Å²) in [6, 6.07) is 6.00. The lowest BCUT2D eigenvalue weighted by Gasteiger charge is -2.29. The van der Waals surface area contributed by atoms with Crippen LogP contribution in [0.4, 0.5) is 4.39 Å². The molecule has 2 aliphatic heterocycles. The molecule has 13 heteroatoms. The Labute approximate surface area is 177 Å². The second kappa shape index (κ2) is 7.65. The number of aromatic nitrogens is 2. The van der Waals surface area contributed by atoms with Crippen LogP contribution >= 0.6 is 20.0 Å². The van der Waals surface area contributed by atoms with Gasteiger partial charge in [0.15, 0.2) is 11.0 Å². The fourth-order valence-electron chi connectivity index (χ4n) is 3.03. The lowest BCUT2D eigenvalue weighted by molar-refractivity contribution is -0.205. The number of benzene rings is 1. The fourth-order valence-corrected chi connectivity index (χ4v) is 4.46. The van der Waals surface area contributed by atoms with Crippen molar-refractivity contribution in [3.8, 4) is 5.75 Å². The summed E-state index contributed by atoms with van der Waals surface area (Å²) < 4.78 is 65.4. The number of aryl methyl sites for hydroxylation is 1. The van der Waals surface area contributed by atoms with E-state index in [1.165, 1.54) is 0 Å². The fraction of sp³-hybridized carbons (Fsp3) is 0.412. The van der Waals surface area contributed by atoms with Crippen molar-refractivity contribution in [2.75, 3.05) is 6.56 Å². The number of rotatable bonds is 4. The molecule has 5 atom stereocenters. The summed E-state index contributed by atoms with van der Waals surface area (Å²) in [6.07, 6.45) is -5.20. The van der Waals surface area contributed by atoms with Gasteiger partial charge in [-0.15, -0.1) is 0 Å². The zero-order valence-electron chi connectivity index (χ0n) is 17.4. The van der Waals surface area contributed by atoms with Gasteiger partial charge in [-0.05, 0) is 24.7 Å². The Morgan fingerprint density at radius 3 is 3.00 bits per heavy atom. The number of hydrogen-bond acceptors (Lipinski definition) is 9. The minimum Gasteiger partial charge on any atom is -0.403 e. The molecule has 1 fully saturated rings. The molecule has 3 N–H and O–H groups in total. The Bertz CT molecular complexity index is 1230. The molecular weight excluding hydrogens is 442 g/mol. The van der Waals surface area contributed by atoms with Crippen molar-refractivity contribution in [3.63, 3.8) is 0 Å². The number of phosphoric ester groups is 1. The van der Waals surface area contributed by atoms with Gasteiger partial charge in [0.1, 0.15) is 24.5 Å². The van der Waals surface area contributed by atoms with Crippen molar-refractivity contribution in [1.82, 2.24) is 9.55 Å². The van der Waals surface area contributed by atoms with Crippen molar-refractivity contribution in [1.29, 1.82) is 0 Å². The van der Waals surface area contributed by atoms with Gasteiger partial charge in [0.2, 0.25) is 0 Å². The highest BCUT2D eigenvalue weighted by Crippen LogP contribution is 2.56. The van der Waals surface area contributed by atoms with Crippen LogP contribution in [0.1, 0.15) is 20.1 Å². The van der Waals surface area contributed by atoms with E-state index < -0.39 is 44.2 Å². The average Bonchev–Trinajstić information content (AvgIpc) is 2.94. The minimum absolute atomic E-state index is 0.135. The van der Waals surface area contributed by atoms with Crippen LogP contribution in [0.3, 0.4) is 0 Å². The van der Waals surface area contributed by atoms with Gasteiger partial charge in [0.05, 0.1) is 9.35 Å². The van der Waals surface area contributed by atoms with Crippen molar-refractivity contribution >= 4 is 20.0 Å². The van der Waals surface area contributed by atoms with Crippen LogP contribution in [0, 0.1) is 11.7 Å². The monoisotopic (exact) mass is 462 g/mol. The molecule has 2 aromatic rings. The zero-order chi connectivity index (χ0) is 23.5. The summed E-state index contributed by atoms with van der Waals surface area (Å²) >= 11 is 4.94. The number of ether oxygens (including phenoxy) is 1. The molecule has 1 aromatic heterocycles. The molecule has 1 aromatic carbocycles. The molecule has 0 saturated carbocycles. The summed E-state index contributed by atoms with van der Waals surface area (Å²) in [5, 5.41) is 20.6. The summed E-state index contributed by atoms with van der Waals surface area (Å²) in [4.78, 5) is 13.6. The van der Waals surface area contributed by atoms with Crippen molar-refractivity contribution < 1.29 is 40.2 Å². The van der Waals surface area contributed by atoms with Gasteiger partial charge in [-0.25, -0.2) is 8.96 Å². The maximum absolute atomic E-state index is 15.7. The number of H-pyrrole nitrogens is 1. The van der Waals surface area contributed by atoms with Gasteiger partial charge >= 0.3 is 7.82 Å². The number of alkyl halides is 1. The molecular formula is C17H18FN2O8PS. The van der Waals surface area contributed by atoms with E-state index in [4.69, 9.17) is 33.3 Å². The lowest BCUT2D eigenvalue weighted by Crippen LogP contribution is -2.43. The number of fused-ring (bicyclic) bond motifs is 1. The van der Waals surface area contributed by atoms with Crippen LogP contribution in [-0.2, 0) is 25.0 Å². The Balaban J connectivity index is 1.63. The van der Waals surface area contributed by atoms with E-state index in [9.17, 15) is 19.6 Å². The van der Waals surface area contributed by atoms with E-state index in [0.717, 1.165) is 16.8 Å². The first-order valence-corrected chi connectivity index (χ1v) is 10.5. The third-order valence-electron chi connectivity index (χ3n) is 4.58. The molecule has 0 aliphatic carbocycles. The van der Waals surface area contributed by atoms with Crippen LogP contribution in [0.15, 0.2) is 35.3 Å². The smallest absolute Gasteiger partial charge is 0.403 e. The Kier molecular flexibility index (Phi) is 4.80. The zero-order valence-corrected chi connectivity index (χ0v) is 17.1. The molecule has 2 aliphatic rings. The Morgan fingerprint density at radius 1 is 1.50 bits per heavy atom. The molecule has 0 spiro atoms. The first-order chi connectivity index (χ1) is 14.9. The number of para-hydroxylation sites is 1. The first-order valence-electron chi connectivity index (χ1n) is 9.65. The van der Waals surface area contributed by atoms with Crippen LogP contribution in [0.2, 0.25) is 0 Å². The normalized spacial score (nSPS) is 34.6. The number of nitrogens with one attached hydrogen (secondary N) is 1. The number of halogens is 1. The number of hydrogen-bond donors (Lipinski definition) is 3. The molecule has 10 nitrogen and oxygen atoms in total. The summed E-state index contributed by atoms with van der Waals surface area (Å²) in [7, 11) is -4.71. The molecule has 0 radical (unpaired) electrons. The molecule has 0 amide bonds. The predicted octanol–water partition coefficient (Wildman–Crippen LogP) is 1.86. The third kappa shape index (κ3) is 3.76. The topological polar surface area (TPSA) is 132 Å². The number of nitrogens with zero attached hydrogens (tertiary/aromatic N) is 1. The maximum Gasteiger partial charge on any atom is 0.530 e. The van der Waals surface area contributed by atoms with Crippen LogP contribution in [0.5, 0.6) is 5.75 Å². The molecule has 1 saturated heterocycles. The maximum atomic E-state index is 15.7. The average molecular weight is 462 g/mol. The highest BCUT2D eigenvalue weighted by Gasteiger charge is 2.57. The number of aromatic amines is 1. The van der Waals surface area contributed by atoms with Crippen LogP contribution in [-0.4, -0.2) is 44.4 Å². The first kappa shape index (κ1) is 18.8. The quantitative estimate of drug-likeness (QED) is 0.460.